The maximum atomic E-state index is 13.1. The van der Waals surface area contributed by atoms with Crippen molar-refractivity contribution in [2.24, 2.45) is 0 Å². The SMILES string of the molecule is C[C@H]1C[C@@H](c2nc(Cc3ccc(F)cc3Cl)no2)CCN1C. The molecule has 1 aliphatic rings. The zero-order valence-electron chi connectivity index (χ0n) is 12.7. The van der Waals surface area contributed by atoms with E-state index in [4.69, 9.17) is 16.1 Å². The molecule has 0 radical (unpaired) electrons. The summed E-state index contributed by atoms with van der Waals surface area (Å²) in [6.45, 7) is 3.25. The summed E-state index contributed by atoms with van der Waals surface area (Å²) < 4.78 is 18.5. The Morgan fingerprint density at radius 1 is 1.45 bits per heavy atom. The van der Waals surface area contributed by atoms with Crippen molar-refractivity contribution in [1.29, 1.82) is 0 Å². The summed E-state index contributed by atoms with van der Waals surface area (Å²) in [5, 5.41) is 4.43. The average molecular weight is 324 g/mol. The molecule has 1 aliphatic heterocycles. The van der Waals surface area contributed by atoms with Gasteiger partial charge in [-0.15, -0.1) is 0 Å². The van der Waals surface area contributed by atoms with Gasteiger partial charge in [0.1, 0.15) is 5.82 Å². The van der Waals surface area contributed by atoms with Crippen LogP contribution in [0.3, 0.4) is 0 Å². The molecule has 0 bridgehead atoms. The van der Waals surface area contributed by atoms with E-state index in [9.17, 15) is 4.39 Å². The van der Waals surface area contributed by atoms with E-state index in [1.54, 1.807) is 6.07 Å². The monoisotopic (exact) mass is 323 g/mol. The minimum absolute atomic E-state index is 0.316. The fraction of sp³-hybridized carbons (Fsp3) is 0.500. The first-order valence-corrected chi connectivity index (χ1v) is 7.87. The second kappa shape index (κ2) is 6.34. The molecule has 0 aliphatic carbocycles. The van der Waals surface area contributed by atoms with Crippen LogP contribution in [-0.2, 0) is 6.42 Å². The molecular formula is C16H19ClFN3O. The molecule has 1 aromatic carbocycles. The van der Waals surface area contributed by atoms with E-state index in [1.165, 1.54) is 12.1 Å². The Hall–Kier alpha value is -1.46. The van der Waals surface area contributed by atoms with Crippen LogP contribution in [0.2, 0.25) is 5.02 Å². The van der Waals surface area contributed by atoms with E-state index >= 15 is 0 Å². The van der Waals surface area contributed by atoms with Crippen molar-refractivity contribution in [2.45, 2.75) is 38.1 Å². The van der Waals surface area contributed by atoms with Gasteiger partial charge in [-0.3, -0.25) is 0 Å². The molecule has 2 atom stereocenters. The smallest absolute Gasteiger partial charge is 0.229 e. The third-order valence-corrected chi connectivity index (χ3v) is 4.76. The molecule has 22 heavy (non-hydrogen) atoms. The summed E-state index contributed by atoms with van der Waals surface area (Å²) in [4.78, 5) is 6.84. The van der Waals surface area contributed by atoms with Gasteiger partial charge in [0.2, 0.25) is 5.89 Å². The maximum Gasteiger partial charge on any atom is 0.229 e. The van der Waals surface area contributed by atoms with E-state index < -0.39 is 0 Å². The molecule has 118 valence electrons. The molecule has 6 heteroatoms. The van der Waals surface area contributed by atoms with Crippen molar-refractivity contribution in [3.05, 3.63) is 46.3 Å². The second-order valence-electron chi connectivity index (χ2n) is 6.01. The van der Waals surface area contributed by atoms with Crippen LogP contribution in [0.25, 0.3) is 0 Å². The molecular weight excluding hydrogens is 305 g/mol. The van der Waals surface area contributed by atoms with Crippen LogP contribution in [-0.4, -0.2) is 34.7 Å². The Balaban J connectivity index is 1.71. The van der Waals surface area contributed by atoms with E-state index in [2.05, 4.69) is 29.0 Å². The number of aromatic nitrogens is 2. The van der Waals surface area contributed by atoms with Gasteiger partial charge in [-0.1, -0.05) is 22.8 Å². The number of piperidine rings is 1. The lowest BCUT2D eigenvalue weighted by atomic mass is 9.92. The van der Waals surface area contributed by atoms with Gasteiger partial charge in [0.05, 0.1) is 0 Å². The largest absolute Gasteiger partial charge is 0.339 e. The first-order chi connectivity index (χ1) is 10.5. The van der Waals surface area contributed by atoms with E-state index in [-0.39, 0.29) is 5.82 Å². The third-order valence-electron chi connectivity index (χ3n) is 4.41. The third kappa shape index (κ3) is 3.31. The number of likely N-dealkylation sites (tertiary alicyclic amines) is 1. The Bertz CT molecular complexity index is 661. The standard InChI is InChI=1S/C16H19ClFN3O/c1-10-7-12(5-6-21(10)2)16-19-15(20-22-16)8-11-3-4-13(18)9-14(11)17/h3-4,9-10,12H,5-8H2,1-2H3/t10-,12-/m0/s1. The number of rotatable bonds is 3. The molecule has 0 saturated carbocycles. The second-order valence-corrected chi connectivity index (χ2v) is 6.42. The summed E-state index contributed by atoms with van der Waals surface area (Å²) >= 11 is 6.04. The predicted octanol–water partition coefficient (Wildman–Crippen LogP) is 3.65. The Morgan fingerprint density at radius 3 is 3.00 bits per heavy atom. The van der Waals surface area contributed by atoms with Crippen molar-refractivity contribution in [1.82, 2.24) is 15.0 Å². The van der Waals surface area contributed by atoms with E-state index in [0.717, 1.165) is 24.9 Å². The zero-order chi connectivity index (χ0) is 15.7. The van der Waals surface area contributed by atoms with Gasteiger partial charge in [0.15, 0.2) is 5.82 Å². The fourth-order valence-corrected chi connectivity index (χ4v) is 3.09. The maximum absolute atomic E-state index is 13.1. The van der Waals surface area contributed by atoms with Crippen LogP contribution in [0.15, 0.2) is 22.7 Å². The highest BCUT2D eigenvalue weighted by molar-refractivity contribution is 6.31. The van der Waals surface area contributed by atoms with Gasteiger partial charge in [0, 0.05) is 23.4 Å². The summed E-state index contributed by atoms with van der Waals surface area (Å²) in [5.74, 6) is 1.27. The molecule has 2 heterocycles. The summed E-state index contributed by atoms with van der Waals surface area (Å²) in [5.41, 5.74) is 0.798. The lowest BCUT2D eigenvalue weighted by molar-refractivity contribution is 0.166. The fourth-order valence-electron chi connectivity index (χ4n) is 2.85. The molecule has 2 aromatic rings. The van der Waals surface area contributed by atoms with Crippen molar-refractivity contribution >= 4 is 11.6 Å². The van der Waals surface area contributed by atoms with E-state index in [0.29, 0.717) is 35.1 Å². The summed E-state index contributed by atoms with van der Waals surface area (Å²) in [6.07, 6.45) is 2.50. The van der Waals surface area contributed by atoms with Crippen LogP contribution in [0.4, 0.5) is 4.39 Å². The molecule has 1 aromatic heterocycles. The quantitative estimate of drug-likeness (QED) is 0.864. The number of hydrogen-bond acceptors (Lipinski definition) is 4. The molecule has 0 amide bonds. The molecule has 0 unspecified atom stereocenters. The normalized spacial score (nSPS) is 22.9. The van der Waals surface area contributed by atoms with Gasteiger partial charge < -0.3 is 9.42 Å². The lowest BCUT2D eigenvalue weighted by Crippen LogP contribution is -2.37. The number of nitrogens with zero attached hydrogens (tertiary/aromatic N) is 3. The van der Waals surface area contributed by atoms with Crippen LogP contribution in [0.1, 0.15) is 43.0 Å². The lowest BCUT2D eigenvalue weighted by Gasteiger charge is -2.33. The highest BCUT2D eigenvalue weighted by Crippen LogP contribution is 2.30. The first kappa shape index (κ1) is 15.4. The predicted molar refractivity (Wildman–Crippen MR) is 82.6 cm³/mol. The van der Waals surface area contributed by atoms with Gasteiger partial charge in [-0.25, -0.2) is 4.39 Å². The molecule has 0 spiro atoms. The Kier molecular flexibility index (Phi) is 4.45. The van der Waals surface area contributed by atoms with Crippen LogP contribution < -0.4 is 0 Å². The Labute approximate surface area is 134 Å². The van der Waals surface area contributed by atoms with Gasteiger partial charge in [-0.2, -0.15) is 4.98 Å². The van der Waals surface area contributed by atoms with Gasteiger partial charge >= 0.3 is 0 Å². The zero-order valence-corrected chi connectivity index (χ0v) is 13.5. The van der Waals surface area contributed by atoms with Crippen LogP contribution in [0.5, 0.6) is 0 Å². The van der Waals surface area contributed by atoms with E-state index in [1.807, 2.05) is 0 Å². The van der Waals surface area contributed by atoms with Gasteiger partial charge in [0.25, 0.3) is 0 Å². The first-order valence-electron chi connectivity index (χ1n) is 7.49. The number of benzene rings is 1. The van der Waals surface area contributed by atoms with Crippen LogP contribution in [0, 0.1) is 5.82 Å². The Morgan fingerprint density at radius 2 is 2.27 bits per heavy atom. The topological polar surface area (TPSA) is 42.2 Å². The van der Waals surface area contributed by atoms with Crippen LogP contribution >= 0.6 is 11.6 Å². The molecule has 4 nitrogen and oxygen atoms in total. The molecule has 1 fully saturated rings. The van der Waals surface area contributed by atoms with Crippen molar-refractivity contribution in [2.75, 3.05) is 13.6 Å². The highest BCUT2D eigenvalue weighted by atomic mass is 35.5. The summed E-state index contributed by atoms with van der Waals surface area (Å²) in [6, 6.07) is 4.86. The highest BCUT2D eigenvalue weighted by Gasteiger charge is 2.28. The number of halogens is 2. The average Bonchev–Trinajstić information content (AvgIpc) is 2.93. The van der Waals surface area contributed by atoms with Gasteiger partial charge in [-0.05, 0) is 51.1 Å². The molecule has 3 rings (SSSR count). The summed E-state index contributed by atoms with van der Waals surface area (Å²) in [7, 11) is 2.14. The minimum atomic E-state index is -0.345. The van der Waals surface area contributed by atoms with Crippen molar-refractivity contribution in [3.8, 4) is 0 Å². The van der Waals surface area contributed by atoms with Crippen molar-refractivity contribution in [3.63, 3.8) is 0 Å². The molecule has 1 saturated heterocycles. The molecule has 0 N–H and O–H groups in total. The minimum Gasteiger partial charge on any atom is -0.339 e. The van der Waals surface area contributed by atoms with Crippen molar-refractivity contribution < 1.29 is 8.91 Å². The number of hydrogen-bond donors (Lipinski definition) is 0.